The number of thioether (sulfide) groups is 2. The molecule has 2 amide bonds. The van der Waals surface area contributed by atoms with Gasteiger partial charge in [0.15, 0.2) is 5.13 Å². The first-order valence-electron chi connectivity index (χ1n) is 6.87. The molecular weight excluding hydrogens is 352 g/mol. The first kappa shape index (κ1) is 16.4. The number of nitrogens with one attached hydrogen (secondary N) is 1. The molecule has 0 saturated heterocycles. The van der Waals surface area contributed by atoms with Crippen LogP contribution in [0.3, 0.4) is 0 Å². The summed E-state index contributed by atoms with van der Waals surface area (Å²) in [6.07, 6.45) is 1.89. The lowest BCUT2D eigenvalue weighted by molar-refractivity contribution is -0.118. The second kappa shape index (κ2) is 6.98. The number of amides is 2. The van der Waals surface area contributed by atoms with Crippen LogP contribution in [0.15, 0.2) is 26.3 Å². The first-order valence-corrected chi connectivity index (χ1v) is 9.72. The van der Waals surface area contributed by atoms with E-state index < -0.39 is 0 Å². The van der Waals surface area contributed by atoms with Gasteiger partial charge in [-0.15, -0.1) is 23.1 Å². The molecule has 1 atom stereocenters. The topological polar surface area (TPSA) is 83.8 Å². The molecule has 9 heteroatoms. The number of aromatic nitrogens is 1. The molecule has 0 aromatic carbocycles. The second-order valence-corrected chi connectivity index (χ2v) is 8.12. The summed E-state index contributed by atoms with van der Waals surface area (Å²) in [5.41, 5.74) is 0.886. The van der Waals surface area contributed by atoms with Gasteiger partial charge in [-0.1, -0.05) is 17.8 Å². The number of aryl methyl sites for hydroxylation is 1. The largest absolute Gasteiger partial charge is 0.301 e. The number of rotatable bonds is 5. The van der Waals surface area contributed by atoms with Crippen molar-refractivity contribution in [1.29, 1.82) is 0 Å². The van der Waals surface area contributed by atoms with Crippen molar-refractivity contribution in [2.45, 2.75) is 13.8 Å². The molecule has 0 aliphatic carbocycles. The zero-order valence-electron chi connectivity index (χ0n) is 12.5. The molecule has 0 spiro atoms. The van der Waals surface area contributed by atoms with Crippen molar-refractivity contribution in [2.75, 3.05) is 16.8 Å². The average Bonchev–Trinajstić information content (AvgIpc) is 3.04. The van der Waals surface area contributed by atoms with Crippen LogP contribution in [-0.2, 0) is 9.59 Å². The third kappa shape index (κ3) is 4.10. The van der Waals surface area contributed by atoms with Crippen molar-refractivity contribution in [2.24, 2.45) is 15.9 Å². The van der Waals surface area contributed by atoms with Crippen LogP contribution in [0.4, 0.5) is 5.13 Å². The first-order chi connectivity index (χ1) is 11.0. The monoisotopic (exact) mass is 366 g/mol. The van der Waals surface area contributed by atoms with Gasteiger partial charge in [0.2, 0.25) is 5.91 Å². The van der Waals surface area contributed by atoms with E-state index in [1.807, 2.05) is 25.3 Å². The Labute approximate surface area is 146 Å². The predicted octanol–water partition coefficient (Wildman–Crippen LogP) is 2.73. The fourth-order valence-corrected chi connectivity index (χ4v) is 4.41. The normalized spacial score (nSPS) is 19.8. The highest BCUT2D eigenvalue weighted by Gasteiger charge is 2.32. The van der Waals surface area contributed by atoms with Gasteiger partial charge in [0.1, 0.15) is 11.8 Å². The Morgan fingerprint density at radius 2 is 2.22 bits per heavy atom. The summed E-state index contributed by atoms with van der Waals surface area (Å²) in [5, 5.41) is 6.02. The SMILES string of the molecule is CC1=CC2C(=O)N=C(CSCC(=O)Nc3nc(C)cs3)N=C2S1. The maximum absolute atomic E-state index is 12.0. The summed E-state index contributed by atoms with van der Waals surface area (Å²) >= 11 is 4.29. The van der Waals surface area contributed by atoms with Crippen molar-refractivity contribution in [1.82, 2.24) is 4.98 Å². The van der Waals surface area contributed by atoms with E-state index in [0.717, 1.165) is 15.6 Å². The molecule has 1 aromatic rings. The number of aliphatic imine (C=N–C) groups is 2. The van der Waals surface area contributed by atoms with Gasteiger partial charge in [0, 0.05) is 5.38 Å². The van der Waals surface area contributed by atoms with Crippen molar-refractivity contribution in [3.05, 3.63) is 22.1 Å². The van der Waals surface area contributed by atoms with Gasteiger partial charge in [-0.3, -0.25) is 9.59 Å². The third-order valence-electron chi connectivity index (χ3n) is 3.01. The molecule has 1 unspecified atom stereocenters. The molecule has 6 nitrogen and oxygen atoms in total. The lowest BCUT2D eigenvalue weighted by atomic mass is 10.1. The average molecular weight is 366 g/mol. The molecule has 2 aliphatic heterocycles. The zero-order chi connectivity index (χ0) is 16.4. The minimum atomic E-state index is -0.301. The number of thiazole rings is 1. The Bertz CT molecular complexity index is 751. The quantitative estimate of drug-likeness (QED) is 0.866. The second-order valence-electron chi connectivity index (χ2n) is 5.01. The molecule has 120 valence electrons. The standard InChI is InChI=1S/C14H14N4O2S3/c1-7-4-22-14(15-7)18-11(19)6-21-5-10-16-12(20)9-3-8(2)23-13(9)17-10/h3-4,9H,5-6H2,1-2H3,(H,15,18,19). The maximum Gasteiger partial charge on any atom is 0.261 e. The summed E-state index contributed by atoms with van der Waals surface area (Å²) in [4.78, 5) is 37.5. The number of anilines is 1. The minimum Gasteiger partial charge on any atom is -0.301 e. The van der Waals surface area contributed by atoms with Crippen LogP contribution in [0.1, 0.15) is 12.6 Å². The lowest BCUT2D eigenvalue weighted by Gasteiger charge is -2.12. The molecular formula is C14H14N4O2S3. The summed E-state index contributed by atoms with van der Waals surface area (Å²) in [6, 6.07) is 0. The van der Waals surface area contributed by atoms with E-state index in [1.165, 1.54) is 34.9 Å². The number of carbonyl (C=O) groups is 2. The molecule has 23 heavy (non-hydrogen) atoms. The number of amidine groups is 1. The van der Waals surface area contributed by atoms with Gasteiger partial charge in [0.25, 0.3) is 5.91 Å². The van der Waals surface area contributed by atoms with Crippen LogP contribution in [0.25, 0.3) is 0 Å². The van der Waals surface area contributed by atoms with Gasteiger partial charge in [0.05, 0.1) is 22.2 Å². The Hall–Kier alpha value is -1.45. The zero-order valence-corrected chi connectivity index (χ0v) is 15.0. The van der Waals surface area contributed by atoms with Crippen LogP contribution in [0.5, 0.6) is 0 Å². The number of nitrogens with zero attached hydrogens (tertiary/aromatic N) is 3. The van der Waals surface area contributed by atoms with E-state index in [2.05, 4.69) is 20.3 Å². The smallest absolute Gasteiger partial charge is 0.261 e. The Morgan fingerprint density at radius 1 is 1.39 bits per heavy atom. The number of carbonyl (C=O) groups excluding carboxylic acids is 2. The Balaban J connectivity index is 1.49. The van der Waals surface area contributed by atoms with Crippen LogP contribution in [-0.4, -0.2) is 39.2 Å². The van der Waals surface area contributed by atoms with Crippen LogP contribution >= 0.6 is 34.9 Å². The van der Waals surface area contributed by atoms with E-state index in [0.29, 0.717) is 16.7 Å². The Kier molecular flexibility index (Phi) is 4.98. The van der Waals surface area contributed by atoms with Crippen LogP contribution in [0, 0.1) is 12.8 Å². The number of fused-ring (bicyclic) bond motifs is 1. The summed E-state index contributed by atoms with van der Waals surface area (Å²) in [5.74, 6) is 0.601. The van der Waals surface area contributed by atoms with E-state index in [-0.39, 0.29) is 23.5 Å². The number of hydrogen-bond donors (Lipinski definition) is 1. The highest BCUT2D eigenvalue weighted by Crippen LogP contribution is 2.34. The van der Waals surface area contributed by atoms with E-state index in [1.54, 1.807) is 0 Å². The molecule has 3 heterocycles. The van der Waals surface area contributed by atoms with Crippen molar-refractivity contribution in [3.8, 4) is 0 Å². The highest BCUT2D eigenvalue weighted by atomic mass is 32.2. The predicted molar refractivity (Wildman–Crippen MR) is 97.5 cm³/mol. The Morgan fingerprint density at radius 3 is 2.96 bits per heavy atom. The van der Waals surface area contributed by atoms with E-state index >= 15 is 0 Å². The summed E-state index contributed by atoms with van der Waals surface area (Å²) < 4.78 is 0. The van der Waals surface area contributed by atoms with Gasteiger partial charge >= 0.3 is 0 Å². The van der Waals surface area contributed by atoms with E-state index in [4.69, 9.17) is 0 Å². The molecule has 0 fully saturated rings. The van der Waals surface area contributed by atoms with Gasteiger partial charge in [-0.05, 0) is 18.8 Å². The molecule has 1 N–H and O–H groups in total. The summed E-state index contributed by atoms with van der Waals surface area (Å²) in [6.45, 7) is 3.83. The number of hydrogen-bond acceptors (Lipinski definition) is 7. The lowest BCUT2D eigenvalue weighted by Crippen LogP contribution is -2.24. The molecule has 2 aliphatic rings. The fourth-order valence-electron chi connectivity index (χ4n) is 2.05. The van der Waals surface area contributed by atoms with E-state index in [9.17, 15) is 9.59 Å². The van der Waals surface area contributed by atoms with Crippen molar-refractivity contribution in [3.63, 3.8) is 0 Å². The molecule has 3 rings (SSSR count). The van der Waals surface area contributed by atoms with Gasteiger partial charge in [-0.2, -0.15) is 4.99 Å². The highest BCUT2D eigenvalue weighted by molar-refractivity contribution is 8.17. The van der Waals surface area contributed by atoms with Gasteiger partial charge in [-0.25, -0.2) is 9.98 Å². The van der Waals surface area contributed by atoms with Crippen molar-refractivity contribution < 1.29 is 9.59 Å². The number of allylic oxidation sites excluding steroid dienone is 1. The van der Waals surface area contributed by atoms with Gasteiger partial charge < -0.3 is 5.32 Å². The van der Waals surface area contributed by atoms with Crippen LogP contribution in [0.2, 0.25) is 0 Å². The van der Waals surface area contributed by atoms with Crippen LogP contribution < -0.4 is 5.32 Å². The van der Waals surface area contributed by atoms with Crippen molar-refractivity contribution >= 4 is 62.7 Å². The molecule has 1 aromatic heterocycles. The summed E-state index contributed by atoms with van der Waals surface area (Å²) in [7, 11) is 0. The molecule has 0 bridgehead atoms. The fraction of sp³-hybridized carbons (Fsp3) is 0.357. The molecule has 0 saturated carbocycles. The minimum absolute atomic E-state index is 0.120. The maximum atomic E-state index is 12.0. The third-order valence-corrected chi connectivity index (χ3v) is 5.82. The molecule has 0 radical (unpaired) electrons.